The molecule has 0 spiro atoms. The number of carboxylic acid groups (broad SMARTS) is 1. The first-order valence-corrected chi connectivity index (χ1v) is 6.26. The number of hydrogen-bond donors (Lipinski definition) is 3. The molecule has 0 saturated heterocycles. The zero-order valence-corrected chi connectivity index (χ0v) is 11.4. The molecule has 1 aromatic rings. The molecule has 1 aromatic carbocycles. The van der Waals surface area contributed by atoms with E-state index in [1.165, 1.54) is 18.2 Å². The van der Waals surface area contributed by atoms with Crippen molar-refractivity contribution in [1.82, 2.24) is 5.32 Å². The van der Waals surface area contributed by atoms with E-state index in [4.69, 9.17) is 16.7 Å². The first-order valence-electron chi connectivity index (χ1n) is 5.89. The van der Waals surface area contributed by atoms with Gasteiger partial charge in [-0.15, -0.1) is 0 Å². The molecule has 0 bridgehead atoms. The van der Waals surface area contributed by atoms with Crippen LogP contribution in [0.5, 0.6) is 5.75 Å². The van der Waals surface area contributed by atoms with Crippen LogP contribution in [0, 0.1) is 5.92 Å². The number of hydrogen-bond acceptors (Lipinski definition) is 3. The molecule has 0 aliphatic rings. The number of carbonyl (C=O) groups excluding carboxylic acids is 1. The Labute approximate surface area is 116 Å². The molecule has 0 radical (unpaired) electrons. The first-order chi connectivity index (χ1) is 8.86. The van der Waals surface area contributed by atoms with Gasteiger partial charge in [-0.2, -0.15) is 0 Å². The van der Waals surface area contributed by atoms with Gasteiger partial charge in [-0.05, 0) is 24.1 Å². The fourth-order valence-corrected chi connectivity index (χ4v) is 1.76. The van der Waals surface area contributed by atoms with E-state index in [9.17, 15) is 14.7 Å². The number of nitrogens with one attached hydrogen (secondary N) is 1. The minimum absolute atomic E-state index is 0.0398. The van der Waals surface area contributed by atoms with E-state index in [1.807, 2.05) is 6.92 Å². The zero-order valence-electron chi connectivity index (χ0n) is 10.7. The summed E-state index contributed by atoms with van der Waals surface area (Å²) in [7, 11) is 0. The molecule has 0 aliphatic heterocycles. The number of phenolic OH excluding ortho intramolecular Hbond substituents is 1. The second-order valence-electron chi connectivity index (χ2n) is 4.34. The molecule has 2 atom stereocenters. The number of rotatable bonds is 5. The third kappa shape index (κ3) is 3.86. The number of halogens is 1. The maximum atomic E-state index is 12.0. The molecule has 104 valence electrons. The number of aliphatic carboxylic acids is 1. The molecule has 1 rings (SSSR count). The summed E-state index contributed by atoms with van der Waals surface area (Å²) in [5.74, 6) is -2.23. The standard InChI is InChI=1S/C13H16ClNO4/c1-3-7(2)11(13(18)19)15-12(17)9-6-8(14)4-5-10(9)16/h4-7,11,16H,3H2,1-2H3,(H,15,17)(H,18,19)/t7?,11-/m0/s1. The molecule has 0 fully saturated rings. The van der Waals surface area contributed by atoms with Crippen molar-refractivity contribution in [2.24, 2.45) is 5.92 Å². The van der Waals surface area contributed by atoms with Crippen LogP contribution in [0.25, 0.3) is 0 Å². The Kier molecular flexibility index (Phi) is 5.18. The van der Waals surface area contributed by atoms with Gasteiger partial charge in [0.2, 0.25) is 0 Å². The van der Waals surface area contributed by atoms with Gasteiger partial charge in [0.05, 0.1) is 5.56 Å². The number of phenols is 1. The first kappa shape index (κ1) is 15.3. The van der Waals surface area contributed by atoms with E-state index < -0.39 is 17.9 Å². The van der Waals surface area contributed by atoms with Gasteiger partial charge in [0.25, 0.3) is 5.91 Å². The van der Waals surface area contributed by atoms with Crippen LogP contribution in [0.4, 0.5) is 0 Å². The van der Waals surface area contributed by atoms with Crippen molar-refractivity contribution in [3.8, 4) is 5.75 Å². The predicted octanol–water partition coefficient (Wildman–Crippen LogP) is 2.27. The fraction of sp³-hybridized carbons (Fsp3) is 0.385. The highest BCUT2D eigenvalue weighted by atomic mass is 35.5. The molecule has 0 aliphatic carbocycles. The third-order valence-corrected chi connectivity index (χ3v) is 3.20. The number of aromatic hydroxyl groups is 1. The van der Waals surface area contributed by atoms with E-state index >= 15 is 0 Å². The molecule has 0 saturated carbocycles. The zero-order chi connectivity index (χ0) is 14.6. The largest absolute Gasteiger partial charge is 0.507 e. The van der Waals surface area contributed by atoms with E-state index in [2.05, 4.69) is 5.32 Å². The van der Waals surface area contributed by atoms with Crippen LogP contribution in [-0.2, 0) is 4.79 Å². The molecule has 3 N–H and O–H groups in total. The second kappa shape index (κ2) is 6.43. The minimum Gasteiger partial charge on any atom is -0.507 e. The van der Waals surface area contributed by atoms with Crippen LogP contribution in [0.3, 0.4) is 0 Å². The number of carbonyl (C=O) groups is 2. The van der Waals surface area contributed by atoms with E-state index in [0.717, 1.165) is 0 Å². The number of amides is 1. The van der Waals surface area contributed by atoms with Crippen molar-refractivity contribution in [2.45, 2.75) is 26.3 Å². The van der Waals surface area contributed by atoms with Gasteiger partial charge >= 0.3 is 5.97 Å². The Morgan fingerprint density at radius 3 is 2.58 bits per heavy atom. The van der Waals surface area contributed by atoms with Crippen molar-refractivity contribution >= 4 is 23.5 Å². The Hall–Kier alpha value is -1.75. The van der Waals surface area contributed by atoms with Gasteiger partial charge in [0.15, 0.2) is 0 Å². The molecule has 6 heteroatoms. The van der Waals surface area contributed by atoms with Gasteiger partial charge < -0.3 is 15.5 Å². The fourth-order valence-electron chi connectivity index (χ4n) is 1.59. The Morgan fingerprint density at radius 2 is 2.05 bits per heavy atom. The molecule has 1 amide bonds. The summed E-state index contributed by atoms with van der Waals surface area (Å²) in [6.07, 6.45) is 0.610. The number of carboxylic acids is 1. The molecule has 5 nitrogen and oxygen atoms in total. The smallest absolute Gasteiger partial charge is 0.326 e. The quantitative estimate of drug-likeness (QED) is 0.774. The molecule has 0 aromatic heterocycles. The lowest BCUT2D eigenvalue weighted by atomic mass is 9.99. The van der Waals surface area contributed by atoms with Crippen molar-refractivity contribution in [3.05, 3.63) is 28.8 Å². The van der Waals surface area contributed by atoms with Crippen LogP contribution in [-0.4, -0.2) is 28.1 Å². The summed E-state index contributed by atoms with van der Waals surface area (Å²) in [6, 6.07) is 3.02. The molecule has 19 heavy (non-hydrogen) atoms. The van der Waals surface area contributed by atoms with Gasteiger partial charge in [-0.25, -0.2) is 4.79 Å². The summed E-state index contributed by atoms with van der Waals surface area (Å²) >= 11 is 5.74. The lowest BCUT2D eigenvalue weighted by molar-refractivity contribution is -0.140. The van der Waals surface area contributed by atoms with Crippen molar-refractivity contribution in [3.63, 3.8) is 0 Å². The van der Waals surface area contributed by atoms with Gasteiger partial charge in [-0.3, -0.25) is 4.79 Å². The van der Waals surface area contributed by atoms with Crippen molar-refractivity contribution in [2.75, 3.05) is 0 Å². The summed E-state index contributed by atoms with van der Waals surface area (Å²) in [6.45, 7) is 3.57. The van der Waals surface area contributed by atoms with Crippen molar-refractivity contribution < 1.29 is 19.8 Å². The second-order valence-corrected chi connectivity index (χ2v) is 4.77. The summed E-state index contributed by atoms with van der Waals surface area (Å²) in [5.41, 5.74) is -0.0398. The minimum atomic E-state index is -1.11. The lowest BCUT2D eigenvalue weighted by Crippen LogP contribution is -2.45. The third-order valence-electron chi connectivity index (χ3n) is 2.97. The van der Waals surface area contributed by atoms with Gasteiger partial charge in [0, 0.05) is 5.02 Å². The Morgan fingerprint density at radius 1 is 1.42 bits per heavy atom. The highest BCUT2D eigenvalue weighted by Gasteiger charge is 2.26. The molecular weight excluding hydrogens is 270 g/mol. The maximum Gasteiger partial charge on any atom is 0.326 e. The summed E-state index contributed by atoms with van der Waals surface area (Å²) < 4.78 is 0. The average Bonchev–Trinajstić information content (AvgIpc) is 2.37. The van der Waals surface area contributed by atoms with Crippen LogP contribution < -0.4 is 5.32 Å². The molecule has 1 unspecified atom stereocenters. The maximum absolute atomic E-state index is 12.0. The topological polar surface area (TPSA) is 86.6 Å². The number of benzene rings is 1. The van der Waals surface area contributed by atoms with E-state index in [0.29, 0.717) is 11.4 Å². The molecule has 0 heterocycles. The van der Waals surface area contributed by atoms with Gasteiger partial charge in [-0.1, -0.05) is 31.9 Å². The van der Waals surface area contributed by atoms with E-state index in [-0.39, 0.29) is 17.2 Å². The van der Waals surface area contributed by atoms with Crippen molar-refractivity contribution in [1.29, 1.82) is 0 Å². The monoisotopic (exact) mass is 285 g/mol. The van der Waals surface area contributed by atoms with Crippen LogP contribution in [0.15, 0.2) is 18.2 Å². The average molecular weight is 286 g/mol. The van der Waals surface area contributed by atoms with Crippen LogP contribution >= 0.6 is 11.6 Å². The Balaban J connectivity index is 2.94. The highest BCUT2D eigenvalue weighted by molar-refractivity contribution is 6.31. The molecular formula is C13H16ClNO4. The SMILES string of the molecule is CCC(C)[C@H](NC(=O)c1cc(Cl)ccc1O)C(=O)O. The van der Waals surface area contributed by atoms with Crippen LogP contribution in [0.2, 0.25) is 5.02 Å². The predicted molar refractivity (Wildman–Crippen MR) is 71.5 cm³/mol. The lowest BCUT2D eigenvalue weighted by Gasteiger charge is -2.20. The van der Waals surface area contributed by atoms with Gasteiger partial charge in [0.1, 0.15) is 11.8 Å². The Bertz CT molecular complexity index is 490. The highest BCUT2D eigenvalue weighted by Crippen LogP contribution is 2.21. The summed E-state index contributed by atoms with van der Waals surface area (Å²) in [4.78, 5) is 23.1. The normalized spacial score (nSPS) is 13.6. The van der Waals surface area contributed by atoms with Crippen LogP contribution in [0.1, 0.15) is 30.6 Å². The van der Waals surface area contributed by atoms with E-state index in [1.54, 1.807) is 6.92 Å². The summed E-state index contributed by atoms with van der Waals surface area (Å²) in [5, 5.41) is 21.4.